The monoisotopic (exact) mass is 268 g/mol. The maximum atomic E-state index is 12.2. The van der Waals surface area contributed by atoms with Gasteiger partial charge in [-0.25, -0.2) is 13.1 Å². The SMILES string of the molecule is COc1cc[c]c(S(=O)(=O)NC2CCCCC2)c1. The van der Waals surface area contributed by atoms with Crippen LogP contribution in [0.25, 0.3) is 0 Å². The first kappa shape index (κ1) is 13.4. The van der Waals surface area contributed by atoms with Gasteiger partial charge in [-0.3, -0.25) is 0 Å². The highest BCUT2D eigenvalue weighted by Crippen LogP contribution is 2.21. The van der Waals surface area contributed by atoms with Crippen LogP contribution in [0, 0.1) is 6.07 Å². The lowest BCUT2D eigenvalue weighted by molar-refractivity contribution is 0.409. The number of ether oxygens (including phenoxy) is 1. The van der Waals surface area contributed by atoms with Gasteiger partial charge in [0.2, 0.25) is 10.0 Å². The van der Waals surface area contributed by atoms with E-state index in [2.05, 4.69) is 10.8 Å². The van der Waals surface area contributed by atoms with Crippen molar-refractivity contribution in [1.29, 1.82) is 0 Å². The molecular weight excluding hydrogens is 250 g/mol. The fraction of sp³-hybridized carbons (Fsp3) is 0.538. The molecule has 18 heavy (non-hydrogen) atoms. The Hall–Kier alpha value is -1.07. The van der Waals surface area contributed by atoms with Gasteiger partial charge in [0.1, 0.15) is 5.75 Å². The van der Waals surface area contributed by atoms with Crippen molar-refractivity contribution in [2.24, 2.45) is 0 Å². The summed E-state index contributed by atoms with van der Waals surface area (Å²) in [6.07, 6.45) is 5.22. The van der Waals surface area contributed by atoms with Gasteiger partial charge in [0.05, 0.1) is 12.0 Å². The van der Waals surface area contributed by atoms with E-state index in [0.29, 0.717) is 5.75 Å². The summed E-state index contributed by atoms with van der Waals surface area (Å²) >= 11 is 0. The first-order chi connectivity index (χ1) is 8.62. The number of nitrogens with one attached hydrogen (secondary N) is 1. The molecule has 5 heteroatoms. The van der Waals surface area contributed by atoms with Gasteiger partial charge in [-0.05, 0) is 25.0 Å². The number of hydrogen-bond donors (Lipinski definition) is 1. The van der Waals surface area contributed by atoms with Crippen molar-refractivity contribution >= 4 is 10.0 Å². The van der Waals surface area contributed by atoms with Crippen molar-refractivity contribution in [3.63, 3.8) is 0 Å². The van der Waals surface area contributed by atoms with Gasteiger partial charge < -0.3 is 4.74 Å². The van der Waals surface area contributed by atoms with Crippen molar-refractivity contribution in [2.75, 3.05) is 7.11 Å². The maximum absolute atomic E-state index is 12.2. The Morgan fingerprint density at radius 2 is 2.06 bits per heavy atom. The normalized spacial score (nSPS) is 17.6. The smallest absolute Gasteiger partial charge is 0.241 e. The lowest BCUT2D eigenvalue weighted by Gasteiger charge is -2.22. The molecule has 99 valence electrons. The zero-order valence-corrected chi connectivity index (χ0v) is 11.3. The summed E-state index contributed by atoms with van der Waals surface area (Å²) in [7, 11) is -1.96. The number of benzene rings is 1. The molecule has 1 N–H and O–H groups in total. The number of rotatable bonds is 4. The zero-order valence-electron chi connectivity index (χ0n) is 10.5. The van der Waals surface area contributed by atoms with Crippen LogP contribution in [-0.4, -0.2) is 21.6 Å². The van der Waals surface area contributed by atoms with Crippen LogP contribution >= 0.6 is 0 Å². The molecule has 1 aromatic carbocycles. The Balaban J connectivity index is 2.13. The molecule has 1 aliphatic rings. The Labute approximate surface area is 108 Å². The summed E-state index contributed by atoms with van der Waals surface area (Å²) in [5.41, 5.74) is 0. The van der Waals surface area contributed by atoms with Gasteiger partial charge in [0, 0.05) is 18.2 Å². The largest absolute Gasteiger partial charge is 0.497 e. The highest BCUT2D eigenvalue weighted by molar-refractivity contribution is 7.89. The van der Waals surface area contributed by atoms with E-state index >= 15 is 0 Å². The quantitative estimate of drug-likeness (QED) is 0.910. The fourth-order valence-corrected chi connectivity index (χ4v) is 3.51. The molecule has 1 aliphatic carbocycles. The molecule has 0 atom stereocenters. The molecule has 0 saturated heterocycles. The average Bonchev–Trinajstić information content (AvgIpc) is 2.39. The summed E-state index contributed by atoms with van der Waals surface area (Å²) in [5.74, 6) is 0.526. The molecule has 0 amide bonds. The van der Waals surface area contributed by atoms with Crippen LogP contribution in [0.3, 0.4) is 0 Å². The predicted octanol–water partition coefficient (Wildman–Crippen LogP) is 2.11. The second kappa shape index (κ2) is 5.71. The molecule has 0 heterocycles. The predicted molar refractivity (Wildman–Crippen MR) is 69.0 cm³/mol. The lowest BCUT2D eigenvalue weighted by Crippen LogP contribution is -2.36. The van der Waals surface area contributed by atoms with E-state index in [1.165, 1.54) is 19.6 Å². The van der Waals surface area contributed by atoms with Crippen LogP contribution in [0.2, 0.25) is 0 Å². The van der Waals surface area contributed by atoms with Crippen LogP contribution in [0.4, 0.5) is 0 Å². The molecule has 0 unspecified atom stereocenters. The zero-order chi connectivity index (χ0) is 13.0. The third-order valence-corrected chi connectivity index (χ3v) is 4.66. The van der Waals surface area contributed by atoms with E-state index in [-0.39, 0.29) is 10.9 Å². The standard InChI is InChI=1S/C13H18NO3S/c1-17-12-8-5-9-13(10-12)18(15,16)14-11-6-3-2-4-7-11/h5,8,10-11,14H,2-4,6-7H2,1H3. The molecule has 2 rings (SSSR count). The third kappa shape index (κ3) is 3.23. The Morgan fingerprint density at radius 1 is 1.33 bits per heavy atom. The Morgan fingerprint density at radius 3 is 2.72 bits per heavy atom. The van der Waals surface area contributed by atoms with Gasteiger partial charge in [-0.2, -0.15) is 0 Å². The minimum Gasteiger partial charge on any atom is -0.497 e. The van der Waals surface area contributed by atoms with Crippen LogP contribution in [0.1, 0.15) is 32.1 Å². The number of methoxy groups -OCH3 is 1. The van der Waals surface area contributed by atoms with Crippen LogP contribution in [0.5, 0.6) is 5.75 Å². The minimum absolute atomic E-state index is 0.0587. The fourth-order valence-electron chi connectivity index (χ4n) is 2.21. The van der Waals surface area contributed by atoms with Crippen molar-refractivity contribution in [2.45, 2.75) is 43.0 Å². The molecule has 0 aromatic heterocycles. The second-order valence-corrected chi connectivity index (χ2v) is 6.23. The minimum atomic E-state index is -3.48. The highest BCUT2D eigenvalue weighted by Gasteiger charge is 2.22. The number of sulfonamides is 1. The van der Waals surface area contributed by atoms with E-state index in [1.807, 2.05) is 0 Å². The van der Waals surface area contributed by atoms with Crippen LogP contribution in [-0.2, 0) is 10.0 Å². The molecule has 0 aliphatic heterocycles. The second-order valence-electron chi connectivity index (χ2n) is 4.55. The van der Waals surface area contributed by atoms with Gasteiger partial charge in [0.15, 0.2) is 0 Å². The Kier molecular flexibility index (Phi) is 4.24. The van der Waals surface area contributed by atoms with Crippen molar-refractivity contribution in [3.8, 4) is 5.75 Å². The van der Waals surface area contributed by atoms with E-state index in [4.69, 9.17) is 4.74 Å². The molecular formula is C13H18NO3S. The molecule has 1 fully saturated rings. The summed E-state index contributed by atoms with van der Waals surface area (Å²) < 4.78 is 32.1. The van der Waals surface area contributed by atoms with Gasteiger partial charge in [-0.15, -0.1) is 0 Å². The average molecular weight is 268 g/mol. The summed E-state index contributed by atoms with van der Waals surface area (Å²) in [4.78, 5) is 0.146. The maximum Gasteiger partial charge on any atom is 0.241 e. The molecule has 0 spiro atoms. The topological polar surface area (TPSA) is 55.4 Å². The summed E-state index contributed by atoms with van der Waals surface area (Å²) in [6, 6.07) is 7.54. The first-order valence-electron chi connectivity index (χ1n) is 6.20. The van der Waals surface area contributed by atoms with E-state index in [0.717, 1.165) is 25.7 Å². The molecule has 1 radical (unpaired) electrons. The molecule has 0 bridgehead atoms. The van der Waals surface area contributed by atoms with E-state index in [1.54, 1.807) is 12.1 Å². The van der Waals surface area contributed by atoms with Crippen molar-refractivity contribution < 1.29 is 13.2 Å². The van der Waals surface area contributed by atoms with E-state index in [9.17, 15) is 8.42 Å². The summed E-state index contributed by atoms with van der Waals surface area (Å²) in [6.45, 7) is 0. The summed E-state index contributed by atoms with van der Waals surface area (Å²) in [5, 5.41) is 0. The van der Waals surface area contributed by atoms with Crippen LogP contribution in [0.15, 0.2) is 23.1 Å². The molecule has 1 saturated carbocycles. The van der Waals surface area contributed by atoms with Crippen molar-refractivity contribution in [3.05, 3.63) is 24.3 Å². The number of hydrogen-bond acceptors (Lipinski definition) is 3. The van der Waals surface area contributed by atoms with Gasteiger partial charge in [-0.1, -0.05) is 19.3 Å². The lowest BCUT2D eigenvalue weighted by atomic mass is 9.96. The first-order valence-corrected chi connectivity index (χ1v) is 7.68. The molecule has 4 nitrogen and oxygen atoms in total. The Bertz CT molecular complexity index is 493. The molecule has 1 aromatic rings. The third-order valence-electron chi connectivity index (χ3n) is 3.20. The van der Waals surface area contributed by atoms with Crippen LogP contribution < -0.4 is 9.46 Å². The highest BCUT2D eigenvalue weighted by atomic mass is 32.2. The van der Waals surface area contributed by atoms with Crippen molar-refractivity contribution in [1.82, 2.24) is 4.72 Å². The van der Waals surface area contributed by atoms with Gasteiger partial charge >= 0.3 is 0 Å². The van der Waals surface area contributed by atoms with E-state index < -0.39 is 10.0 Å². The van der Waals surface area contributed by atoms with Gasteiger partial charge in [0.25, 0.3) is 0 Å².